The van der Waals surface area contributed by atoms with Gasteiger partial charge in [-0.25, -0.2) is 0 Å². The largest absolute Gasteiger partial charge is 0.492 e. The topological polar surface area (TPSA) is 41.8 Å². The van der Waals surface area contributed by atoms with Gasteiger partial charge in [0.2, 0.25) is 0 Å². The Morgan fingerprint density at radius 1 is 1.17 bits per heavy atom. The minimum Gasteiger partial charge on any atom is -0.492 e. The van der Waals surface area contributed by atoms with Crippen LogP contribution in [-0.2, 0) is 4.74 Å². The Balaban J connectivity index is 4.44. The predicted molar refractivity (Wildman–Crippen MR) is 99.8 cm³/mol. The Hall–Kier alpha value is -2.29. The van der Waals surface area contributed by atoms with Gasteiger partial charge >= 0.3 is 0 Å². The smallest absolute Gasteiger partial charge is 0.133 e. The molecule has 0 fully saturated rings. The Kier molecular flexibility index (Phi) is 12.0. The first-order valence-corrected chi connectivity index (χ1v) is 7.78. The molecule has 0 atom stereocenters. The number of allylic oxidation sites excluding steroid dienone is 10. The molecule has 0 radical (unpaired) electrons. The van der Waals surface area contributed by atoms with Crippen LogP contribution in [0.1, 0.15) is 40.5 Å². The second-order valence-corrected chi connectivity index (χ2v) is 5.18. The van der Waals surface area contributed by atoms with Gasteiger partial charge in [0.25, 0.3) is 0 Å². The van der Waals surface area contributed by atoms with Crippen LogP contribution in [0.2, 0.25) is 0 Å². The minimum absolute atomic E-state index is 0.256. The molecular formula is C20H29NO2. The molecule has 0 aliphatic carbocycles. The zero-order chi connectivity index (χ0) is 17.5. The van der Waals surface area contributed by atoms with E-state index in [2.05, 4.69) is 43.0 Å². The van der Waals surface area contributed by atoms with Gasteiger partial charge in [0, 0.05) is 0 Å². The maximum Gasteiger partial charge on any atom is 0.133 e. The van der Waals surface area contributed by atoms with Crippen molar-refractivity contribution < 1.29 is 9.94 Å². The van der Waals surface area contributed by atoms with Crippen LogP contribution in [0.4, 0.5) is 0 Å². The third kappa shape index (κ3) is 11.0. The number of nitrogens with zero attached hydrogens (tertiary/aromatic N) is 1. The van der Waals surface area contributed by atoms with E-state index < -0.39 is 0 Å². The van der Waals surface area contributed by atoms with Crippen LogP contribution in [0.3, 0.4) is 0 Å². The van der Waals surface area contributed by atoms with Crippen molar-refractivity contribution in [1.82, 2.24) is 0 Å². The van der Waals surface area contributed by atoms with Crippen molar-refractivity contribution >= 4 is 5.71 Å². The lowest BCUT2D eigenvalue weighted by Gasteiger charge is -2.07. The molecule has 126 valence electrons. The normalized spacial score (nSPS) is 14.8. The molecule has 0 aliphatic heterocycles. The first kappa shape index (κ1) is 20.7. The summed E-state index contributed by atoms with van der Waals surface area (Å²) in [6, 6.07) is 0. The molecule has 0 amide bonds. The highest BCUT2D eigenvalue weighted by Crippen LogP contribution is 2.10. The molecule has 0 aromatic rings. The average molecular weight is 315 g/mol. The second kappa shape index (κ2) is 13.4. The molecule has 3 nitrogen and oxygen atoms in total. The third-order valence-electron chi connectivity index (χ3n) is 3.16. The van der Waals surface area contributed by atoms with E-state index in [9.17, 15) is 0 Å². The van der Waals surface area contributed by atoms with Gasteiger partial charge in [-0.2, -0.15) is 0 Å². The minimum atomic E-state index is 0.256. The Morgan fingerprint density at radius 3 is 2.52 bits per heavy atom. The van der Waals surface area contributed by atoms with E-state index in [4.69, 9.17) is 9.94 Å². The summed E-state index contributed by atoms with van der Waals surface area (Å²) in [6.07, 6.45) is 17.6. The molecule has 0 saturated carbocycles. The highest BCUT2D eigenvalue weighted by Gasteiger charge is 1.99. The van der Waals surface area contributed by atoms with Crippen LogP contribution < -0.4 is 0 Å². The summed E-state index contributed by atoms with van der Waals surface area (Å²) in [5.74, 6) is 0.822. The summed E-state index contributed by atoms with van der Waals surface area (Å²) < 4.78 is 5.61. The molecule has 0 heterocycles. The van der Waals surface area contributed by atoms with Crippen molar-refractivity contribution in [2.24, 2.45) is 5.16 Å². The van der Waals surface area contributed by atoms with Gasteiger partial charge < -0.3 is 9.94 Å². The van der Waals surface area contributed by atoms with Crippen LogP contribution in [-0.4, -0.2) is 17.5 Å². The first-order chi connectivity index (χ1) is 11.0. The molecule has 0 bridgehead atoms. The van der Waals surface area contributed by atoms with Crippen molar-refractivity contribution in [2.45, 2.75) is 40.5 Å². The summed E-state index contributed by atoms with van der Waals surface area (Å²) in [7, 11) is 0. The number of ether oxygens (including phenoxy) is 1. The molecule has 1 N–H and O–H groups in total. The quantitative estimate of drug-likeness (QED) is 0.140. The third-order valence-corrected chi connectivity index (χ3v) is 3.16. The van der Waals surface area contributed by atoms with Gasteiger partial charge in [0.1, 0.15) is 12.3 Å². The monoisotopic (exact) mass is 315 g/mol. The fourth-order valence-electron chi connectivity index (χ4n) is 1.67. The van der Waals surface area contributed by atoms with E-state index in [1.165, 1.54) is 5.57 Å². The van der Waals surface area contributed by atoms with Crippen molar-refractivity contribution in [3.8, 4) is 0 Å². The van der Waals surface area contributed by atoms with Crippen LogP contribution in [0.5, 0.6) is 0 Å². The first-order valence-electron chi connectivity index (χ1n) is 7.78. The SMILES string of the molecule is C=C/C=C\C/C=C(/C)C/C=C\C(C)=C(/C)OCC(/C=C/C)=N/O. The molecule has 3 heteroatoms. The summed E-state index contributed by atoms with van der Waals surface area (Å²) >= 11 is 0. The molecule has 0 aromatic heterocycles. The maximum absolute atomic E-state index is 8.83. The van der Waals surface area contributed by atoms with Crippen LogP contribution >= 0.6 is 0 Å². The Bertz CT molecular complexity index is 532. The standard InChI is InChI=1S/C20H29NO2/c1-6-8-9-10-13-17(3)14-11-15-18(4)19(5)23-16-20(21-22)12-7-2/h6-9,11-13,15,22H,1,10,14,16H2,2-5H3/b9-8-,12-7+,15-11-,17-13-,19-18+,21-20+. The van der Waals surface area contributed by atoms with Crippen molar-refractivity contribution in [2.75, 3.05) is 6.61 Å². The lowest BCUT2D eigenvalue weighted by molar-refractivity contribution is 0.250. The number of rotatable bonds is 10. The molecule has 0 spiro atoms. The fourth-order valence-corrected chi connectivity index (χ4v) is 1.67. The van der Waals surface area contributed by atoms with Crippen LogP contribution in [0.25, 0.3) is 0 Å². The number of oxime groups is 1. The highest BCUT2D eigenvalue weighted by atomic mass is 16.5. The molecule has 23 heavy (non-hydrogen) atoms. The van der Waals surface area contributed by atoms with E-state index >= 15 is 0 Å². The maximum atomic E-state index is 8.83. The van der Waals surface area contributed by atoms with Gasteiger partial charge in [0.05, 0.1) is 5.76 Å². The second-order valence-electron chi connectivity index (χ2n) is 5.18. The predicted octanol–water partition coefficient (Wildman–Crippen LogP) is 5.73. The molecule has 0 aromatic carbocycles. The molecule has 0 saturated heterocycles. The number of hydrogen-bond donors (Lipinski definition) is 1. The lowest BCUT2D eigenvalue weighted by atomic mass is 10.1. The summed E-state index contributed by atoms with van der Waals surface area (Å²) in [6.45, 7) is 11.8. The molecule has 0 unspecified atom stereocenters. The van der Waals surface area contributed by atoms with Crippen molar-refractivity contribution in [3.05, 3.63) is 72.1 Å². The van der Waals surface area contributed by atoms with Gasteiger partial charge in [-0.05, 0) is 52.2 Å². The average Bonchev–Trinajstić information content (AvgIpc) is 2.55. The van der Waals surface area contributed by atoms with E-state index in [-0.39, 0.29) is 6.61 Å². The van der Waals surface area contributed by atoms with Crippen LogP contribution in [0, 0.1) is 0 Å². The van der Waals surface area contributed by atoms with Crippen LogP contribution in [0.15, 0.2) is 77.2 Å². The van der Waals surface area contributed by atoms with Crippen molar-refractivity contribution in [1.29, 1.82) is 0 Å². The fraction of sp³-hybridized carbons (Fsp3) is 0.350. The zero-order valence-electron chi connectivity index (χ0n) is 14.7. The molecule has 0 aliphatic rings. The summed E-state index contributed by atoms with van der Waals surface area (Å²) in [5, 5.41) is 12.0. The summed E-state index contributed by atoms with van der Waals surface area (Å²) in [5.41, 5.74) is 2.88. The van der Waals surface area contributed by atoms with Gasteiger partial charge in [0.15, 0.2) is 0 Å². The summed E-state index contributed by atoms with van der Waals surface area (Å²) in [4.78, 5) is 0. The Morgan fingerprint density at radius 2 is 1.91 bits per heavy atom. The van der Waals surface area contributed by atoms with Gasteiger partial charge in [-0.15, -0.1) is 0 Å². The van der Waals surface area contributed by atoms with Crippen molar-refractivity contribution in [3.63, 3.8) is 0 Å². The van der Waals surface area contributed by atoms with E-state index in [1.807, 2.05) is 32.9 Å². The van der Waals surface area contributed by atoms with Gasteiger partial charge in [-0.1, -0.05) is 59.8 Å². The molecule has 0 rings (SSSR count). The number of hydrogen-bond acceptors (Lipinski definition) is 3. The Labute approximate surface area is 140 Å². The van der Waals surface area contributed by atoms with E-state index in [0.717, 1.165) is 24.2 Å². The molecular weight excluding hydrogens is 286 g/mol. The van der Waals surface area contributed by atoms with Gasteiger partial charge in [-0.3, -0.25) is 0 Å². The lowest BCUT2D eigenvalue weighted by Crippen LogP contribution is -2.05. The van der Waals surface area contributed by atoms with E-state index in [0.29, 0.717) is 5.71 Å². The van der Waals surface area contributed by atoms with E-state index in [1.54, 1.807) is 12.2 Å². The zero-order valence-corrected chi connectivity index (χ0v) is 14.7. The highest BCUT2D eigenvalue weighted by molar-refractivity contribution is 5.95.